The summed E-state index contributed by atoms with van der Waals surface area (Å²) in [5.41, 5.74) is 3.71. The fourth-order valence-corrected chi connectivity index (χ4v) is 5.62. The molecule has 0 atom stereocenters. The van der Waals surface area contributed by atoms with Crippen molar-refractivity contribution < 1.29 is 8.42 Å². The van der Waals surface area contributed by atoms with Gasteiger partial charge in [0.1, 0.15) is 16.9 Å². The van der Waals surface area contributed by atoms with Crippen molar-refractivity contribution >= 4 is 32.8 Å². The van der Waals surface area contributed by atoms with E-state index < -0.39 is 10.0 Å². The number of aromatic nitrogens is 3. The number of hydrogen-bond donors (Lipinski definition) is 1. The molecule has 0 bridgehead atoms. The number of imidazole rings is 1. The van der Waals surface area contributed by atoms with Gasteiger partial charge in [0.25, 0.3) is 0 Å². The fourth-order valence-electron chi connectivity index (χ4n) is 3.16. The summed E-state index contributed by atoms with van der Waals surface area (Å²) in [5.74, 6) is 1.20. The fraction of sp³-hybridized carbons (Fsp3) is 0.350. The predicted molar refractivity (Wildman–Crippen MR) is 114 cm³/mol. The summed E-state index contributed by atoms with van der Waals surface area (Å²) >= 11 is 1.44. The Balaban J connectivity index is 1.88. The number of thioether (sulfide) groups is 1. The number of benzene rings is 1. The molecule has 2 heterocycles. The Labute approximate surface area is 175 Å². The van der Waals surface area contributed by atoms with Crippen molar-refractivity contribution in [2.45, 2.75) is 43.4 Å². The van der Waals surface area contributed by atoms with E-state index in [4.69, 9.17) is 0 Å². The Kier molecular flexibility index (Phi) is 6.27. The number of pyridine rings is 1. The second kappa shape index (κ2) is 8.53. The van der Waals surface area contributed by atoms with Gasteiger partial charge < -0.3 is 4.98 Å². The van der Waals surface area contributed by atoms with Crippen LogP contribution in [0.2, 0.25) is 0 Å². The molecule has 0 amide bonds. The minimum absolute atomic E-state index is 0.249. The lowest BCUT2D eigenvalue weighted by molar-refractivity contribution is 0.445. The summed E-state index contributed by atoms with van der Waals surface area (Å²) in [7, 11) is -3.52. The van der Waals surface area contributed by atoms with Crippen molar-refractivity contribution in [2.75, 3.05) is 13.1 Å². The van der Waals surface area contributed by atoms with E-state index in [-0.39, 0.29) is 4.90 Å². The number of aryl methyl sites for hydroxylation is 2. The number of aromatic amines is 1. The van der Waals surface area contributed by atoms with Gasteiger partial charge in [-0.15, -0.1) is 0 Å². The van der Waals surface area contributed by atoms with Gasteiger partial charge in [-0.2, -0.15) is 9.57 Å². The first kappa shape index (κ1) is 21.3. The Bertz CT molecular complexity index is 1190. The zero-order chi connectivity index (χ0) is 21.2. The van der Waals surface area contributed by atoms with E-state index in [1.807, 2.05) is 33.8 Å². The lowest BCUT2D eigenvalue weighted by atomic mass is 10.1. The molecule has 0 saturated heterocycles. The molecule has 1 N–H and O–H groups in total. The Morgan fingerprint density at radius 3 is 2.55 bits per heavy atom. The third kappa shape index (κ3) is 4.29. The predicted octanol–water partition coefficient (Wildman–Crippen LogP) is 3.77. The maximum Gasteiger partial charge on any atom is 0.243 e. The molecule has 0 aliphatic rings. The lowest BCUT2D eigenvalue weighted by Crippen LogP contribution is -2.30. The molecule has 0 fully saturated rings. The highest BCUT2D eigenvalue weighted by atomic mass is 32.2. The second-order valence-electron chi connectivity index (χ2n) is 6.61. The van der Waals surface area contributed by atoms with Crippen LogP contribution in [0.5, 0.6) is 0 Å². The van der Waals surface area contributed by atoms with Gasteiger partial charge in [-0.1, -0.05) is 25.6 Å². The van der Waals surface area contributed by atoms with E-state index in [0.717, 1.165) is 11.3 Å². The number of nitrogens with zero attached hydrogens (tertiary/aromatic N) is 4. The van der Waals surface area contributed by atoms with Crippen molar-refractivity contribution in [2.24, 2.45) is 0 Å². The molecule has 29 heavy (non-hydrogen) atoms. The van der Waals surface area contributed by atoms with Crippen LogP contribution in [0.25, 0.3) is 11.0 Å². The summed E-state index contributed by atoms with van der Waals surface area (Å²) in [6.07, 6.45) is 0. The Morgan fingerprint density at radius 2 is 1.90 bits per heavy atom. The maximum atomic E-state index is 12.7. The number of rotatable bonds is 7. The summed E-state index contributed by atoms with van der Waals surface area (Å²) in [6, 6.07) is 9.03. The molecule has 0 saturated carbocycles. The topological polar surface area (TPSA) is 103 Å². The molecule has 9 heteroatoms. The molecular weight excluding hydrogens is 406 g/mol. The van der Waals surface area contributed by atoms with Gasteiger partial charge >= 0.3 is 0 Å². The van der Waals surface area contributed by atoms with Gasteiger partial charge in [-0.3, -0.25) is 0 Å². The highest BCUT2D eigenvalue weighted by molar-refractivity contribution is 7.98. The zero-order valence-corrected chi connectivity index (χ0v) is 18.5. The van der Waals surface area contributed by atoms with Crippen LogP contribution in [-0.4, -0.2) is 40.8 Å². The van der Waals surface area contributed by atoms with Crippen LogP contribution in [0, 0.1) is 25.2 Å². The quantitative estimate of drug-likeness (QED) is 0.574. The van der Waals surface area contributed by atoms with Gasteiger partial charge in [0.2, 0.25) is 10.0 Å². The molecule has 2 aromatic heterocycles. The van der Waals surface area contributed by atoms with Gasteiger partial charge in [0.15, 0.2) is 0 Å². The minimum atomic E-state index is -3.52. The first-order chi connectivity index (χ1) is 13.8. The van der Waals surface area contributed by atoms with Gasteiger partial charge in [-0.05, 0) is 43.7 Å². The average Bonchev–Trinajstić information content (AvgIpc) is 3.09. The molecule has 7 nitrogen and oxygen atoms in total. The van der Waals surface area contributed by atoms with Crippen molar-refractivity contribution in [3.8, 4) is 6.07 Å². The molecule has 0 radical (unpaired) electrons. The van der Waals surface area contributed by atoms with E-state index in [1.54, 1.807) is 18.2 Å². The molecule has 0 spiro atoms. The number of hydrogen-bond acceptors (Lipinski definition) is 6. The van der Waals surface area contributed by atoms with Crippen LogP contribution >= 0.6 is 11.8 Å². The smallest absolute Gasteiger partial charge is 0.243 e. The monoisotopic (exact) mass is 429 g/mol. The first-order valence-corrected chi connectivity index (χ1v) is 11.7. The van der Waals surface area contributed by atoms with Crippen LogP contribution < -0.4 is 0 Å². The van der Waals surface area contributed by atoms with Gasteiger partial charge in [0.05, 0.1) is 27.2 Å². The van der Waals surface area contributed by atoms with Crippen LogP contribution in [0.3, 0.4) is 0 Å². The standard InChI is InChI=1S/C20H23N5O2S2/c1-5-25(6-2)29(26,27)15-7-8-17-18(10-15)24-19(23-17)12-28-20-16(11-21)13(3)9-14(4)22-20/h7-10H,5-6,12H2,1-4H3,(H,23,24). The van der Waals surface area contributed by atoms with Gasteiger partial charge in [-0.25, -0.2) is 18.4 Å². The van der Waals surface area contributed by atoms with Crippen molar-refractivity contribution in [1.29, 1.82) is 5.26 Å². The molecule has 1 aromatic carbocycles. The highest BCUT2D eigenvalue weighted by Gasteiger charge is 2.22. The Morgan fingerprint density at radius 1 is 1.17 bits per heavy atom. The average molecular weight is 430 g/mol. The van der Waals surface area contributed by atoms with E-state index in [1.165, 1.54) is 16.1 Å². The third-order valence-corrected chi connectivity index (χ3v) is 7.65. The van der Waals surface area contributed by atoms with Crippen LogP contribution in [0.15, 0.2) is 34.2 Å². The van der Waals surface area contributed by atoms with E-state index in [0.29, 0.717) is 46.3 Å². The van der Waals surface area contributed by atoms with Crippen LogP contribution in [0.4, 0.5) is 0 Å². The molecule has 0 unspecified atom stereocenters. The van der Waals surface area contributed by atoms with E-state index in [9.17, 15) is 13.7 Å². The largest absolute Gasteiger partial charge is 0.341 e. The number of nitriles is 1. The van der Waals surface area contributed by atoms with Crippen LogP contribution in [0.1, 0.15) is 36.5 Å². The van der Waals surface area contributed by atoms with Crippen molar-refractivity contribution in [3.05, 3.63) is 46.9 Å². The minimum Gasteiger partial charge on any atom is -0.341 e. The van der Waals surface area contributed by atoms with E-state index >= 15 is 0 Å². The molecule has 0 aliphatic heterocycles. The number of sulfonamides is 1. The maximum absolute atomic E-state index is 12.7. The summed E-state index contributed by atoms with van der Waals surface area (Å²) in [6.45, 7) is 8.29. The molecule has 3 rings (SSSR count). The first-order valence-electron chi connectivity index (χ1n) is 9.30. The zero-order valence-electron chi connectivity index (χ0n) is 16.9. The molecule has 0 aliphatic carbocycles. The number of nitrogens with one attached hydrogen (secondary N) is 1. The highest BCUT2D eigenvalue weighted by Crippen LogP contribution is 2.27. The van der Waals surface area contributed by atoms with E-state index in [2.05, 4.69) is 21.0 Å². The van der Waals surface area contributed by atoms with Crippen molar-refractivity contribution in [3.63, 3.8) is 0 Å². The third-order valence-electron chi connectivity index (χ3n) is 4.61. The summed E-state index contributed by atoms with van der Waals surface area (Å²) < 4.78 is 26.9. The van der Waals surface area contributed by atoms with Crippen LogP contribution in [-0.2, 0) is 15.8 Å². The number of H-pyrrole nitrogens is 1. The summed E-state index contributed by atoms with van der Waals surface area (Å²) in [5, 5.41) is 10.1. The Hall–Kier alpha value is -2.41. The van der Waals surface area contributed by atoms with Crippen molar-refractivity contribution in [1.82, 2.24) is 19.3 Å². The normalized spacial score (nSPS) is 11.9. The summed E-state index contributed by atoms with van der Waals surface area (Å²) in [4.78, 5) is 12.5. The lowest BCUT2D eigenvalue weighted by Gasteiger charge is -2.18. The van der Waals surface area contributed by atoms with Gasteiger partial charge in [0, 0.05) is 18.8 Å². The second-order valence-corrected chi connectivity index (χ2v) is 9.51. The molecule has 3 aromatic rings. The SMILES string of the molecule is CCN(CC)S(=O)(=O)c1ccc2nc(CSc3nc(C)cc(C)c3C#N)[nH]c2c1. The molecule has 152 valence electrons. The molecular formula is C20H23N5O2S2. The number of fused-ring (bicyclic) bond motifs is 1.